The minimum Gasteiger partial charge on any atom is -0.456 e. The van der Waals surface area contributed by atoms with Crippen molar-refractivity contribution in [3.05, 3.63) is 140 Å². The predicted molar refractivity (Wildman–Crippen MR) is 201 cm³/mol. The Morgan fingerprint density at radius 2 is 1.28 bits per heavy atom. The number of fused-ring (bicyclic) bond motifs is 12. The maximum absolute atomic E-state index is 6.33. The van der Waals surface area contributed by atoms with E-state index in [1.165, 1.54) is 68.9 Å². The summed E-state index contributed by atoms with van der Waals surface area (Å²) in [5, 5.41) is 10.7. The molecule has 3 heterocycles. The van der Waals surface area contributed by atoms with Crippen LogP contribution in [-0.2, 0) is 0 Å². The van der Waals surface area contributed by atoms with Gasteiger partial charge in [-0.3, -0.25) is 0 Å². The van der Waals surface area contributed by atoms with Crippen LogP contribution in [0.15, 0.2) is 144 Å². The zero-order chi connectivity index (χ0) is 30.6. The Bertz CT molecular complexity index is 2680. The fourth-order valence-corrected chi connectivity index (χ4v) is 12.1. The first-order valence-corrected chi connectivity index (χ1v) is 19.7. The highest BCUT2D eigenvalue weighted by molar-refractivity contribution is 7.26. The molecule has 0 unspecified atom stereocenters. The first kappa shape index (κ1) is 26.1. The summed E-state index contributed by atoms with van der Waals surface area (Å²) >= 11 is 1.89. The second kappa shape index (κ2) is 9.43. The summed E-state index contributed by atoms with van der Waals surface area (Å²) in [6.45, 7) is 4.99. The number of para-hydroxylation sites is 2. The molecule has 0 radical (unpaired) electrons. The van der Waals surface area contributed by atoms with Gasteiger partial charge in [-0.2, -0.15) is 0 Å². The first-order valence-electron chi connectivity index (χ1n) is 15.9. The number of anilines is 3. The fraction of sp³-hybridized carbons (Fsp3) is 0.0476. The van der Waals surface area contributed by atoms with Crippen LogP contribution in [0.2, 0.25) is 13.1 Å². The topological polar surface area (TPSA) is 16.4 Å². The van der Waals surface area contributed by atoms with Crippen LogP contribution in [0.1, 0.15) is 0 Å². The van der Waals surface area contributed by atoms with Crippen LogP contribution in [0.5, 0.6) is 0 Å². The van der Waals surface area contributed by atoms with Gasteiger partial charge in [-0.25, -0.2) is 0 Å². The van der Waals surface area contributed by atoms with Gasteiger partial charge in [0.2, 0.25) is 0 Å². The van der Waals surface area contributed by atoms with Gasteiger partial charge in [0.15, 0.2) is 0 Å². The normalized spacial score (nSPS) is 13.6. The molecule has 1 aliphatic heterocycles. The monoisotopic (exact) mass is 623 g/mol. The summed E-state index contributed by atoms with van der Waals surface area (Å²) in [6.07, 6.45) is 0. The number of rotatable bonds is 3. The first-order chi connectivity index (χ1) is 22.6. The molecule has 0 bridgehead atoms. The Hall–Kier alpha value is -5.16. The quantitative estimate of drug-likeness (QED) is 0.182. The van der Waals surface area contributed by atoms with Crippen LogP contribution in [0, 0.1) is 0 Å². The van der Waals surface area contributed by atoms with Crippen LogP contribution in [-0.4, -0.2) is 8.07 Å². The average Bonchev–Trinajstić information content (AvgIpc) is 3.73. The molecule has 1 aliphatic rings. The number of thiophene rings is 1. The van der Waals surface area contributed by atoms with E-state index in [4.69, 9.17) is 4.42 Å². The van der Waals surface area contributed by atoms with E-state index in [1.54, 1.807) is 0 Å². The lowest BCUT2D eigenvalue weighted by atomic mass is 9.99. The van der Waals surface area contributed by atoms with Gasteiger partial charge >= 0.3 is 0 Å². The molecule has 7 aromatic carbocycles. The molecule has 10 rings (SSSR count). The van der Waals surface area contributed by atoms with Crippen LogP contribution in [0.25, 0.3) is 64.0 Å². The fourth-order valence-electron chi connectivity index (χ4n) is 7.83. The van der Waals surface area contributed by atoms with E-state index in [2.05, 4.69) is 158 Å². The highest BCUT2D eigenvalue weighted by atomic mass is 32.1. The second-order valence-corrected chi connectivity index (χ2v) is 18.3. The lowest BCUT2D eigenvalue weighted by Crippen LogP contribution is -2.49. The van der Waals surface area contributed by atoms with Crippen molar-refractivity contribution in [3.8, 4) is 11.1 Å². The molecule has 9 aromatic rings. The predicted octanol–water partition coefficient (Wildman–Crippen LogP) is 11.4. The van der Waals surface area contributed by atoms with Gasteiger partial charge in [0, 0.05) is 48.0 Å². The van der Waals surface area contributed by atoms with Crippen LogP contribution < -0.4 is 15.3 Å². The lowest BCUT2D eigenvalue weighted by molar-refractivity contribution is 0.669. The molecule has 2 nitrogen and oxygen atoms in total. The third-order valence-corrected chi connectivity index (χ3v) is 14.8. The highest BCUT2D eigenvalue weighted by Crippen LogP contribution is 2.44. The van der Waals surface area contributed by atoms with Gasteiger partial charge in [0.05, 0.1) is 0 Å². The highest BCUT2D eigenvalue weighted by Gasteiger charge is 2.39. The average molecular weight is 624 g/mol. The molecule has 218 valence electrons. The molecule has 0 atom stereocenters. The van der Waals surface area contributed by atoms with Crippen molar-refractivity contribution >= 4 is 99.7 Å². The Morgan fingerprint density at radius 1 is 0.543 bits per heavy atom. The van der Waals surface area contributed by atoms with Crippen molar-refractivity contribution in [1.82, 2.24) is 0 Å². The molecular weight excluding hydrogens is 595 g/mol. The number of hydrogen-bond acceptors (Lipinski definition) is 3. The molecule has 0 spiro atoms. The third kappa shape index (κ3) is 3.57. The SMILES string of the molecule is C[Si]1(C)c2cc(N(c3ccccc3)c3ccc4c(ccc5c6ccccc6sc45)c3)ccc2-c2c1ccc1oc3ccccc3c21. The smallest absolute Gasteiger partial charge is 0.136 e. The number of furan rings is 1. The summed E-state index contributed by atoms with van der Waals surface area (Å²) < 4.78 is 9.02. The summed E-state index contributed by atoms with van der Waals surface area (Å²) in [6, 6.07) is 51.2. The number of hydrogen-bond donors (Lipinski definition) is 0. The van der Waals surface area contributed by atoms with Gasteiger partial charge < -0.3 is 9.32 Å². The zero-order valence-electron chi connectivity index (χ0n) is 25.5. The van der Waals surface area contributed by atoms with Gasteiger partial charge in [0.25, 0.3) is 0 Å². The zero-order valence-corrected chi connectivity index (χ0v) is 27.4. The van der Waals surface area contributed by atoms with E-state index >= 15 is 0 Å². The summed E-state index contributed by atoms with van der Waals surface area (Å²) in [4.78, 5) is 2.42. The van der Waals surface area contributed by atoms with Crippen molar-refractivity contribution in [3.63, 3.8) is 0 Å². The molecule has 0 saturated heterocycles. The van der Waals surface area contributed by atoms with Crippen molar-refractivity contribution in [2.75, 3.05) is 4.90 Å². The van der Waals surface area contributed by atoms with E-state index in [1.807, 2.05) is 11.3 Å². The summed E-state index contributed by atoms with van der Waals surface area (Å²) in [5.41, 5.74) is 8.15. The van der Waals surface area contributed by atoms with Crippen LogP contribution in [0.3, 0.4) is 0 Å². The summed E-state index contributed by atoms with van der Waals surface area (Å²) in [7, 11) is -2.00. The van der Waals surface area contributed by atoms with Gasteiger partial charge in [0.1, 0.15) is 19.2 Å². The van der Waals surface area contributed by atoms with E-state index < -0.39 is 8.07 Å². The van der Waals surface area contributed by atoms with Gasteiger partial charge in [-0.15, -0.1) is 11.3 Å². The summed E-state index contributed by atoms with van der Waals surface area (Å²) in [5.74, 6) is 0. The molecule has 0 fully saturated rings. The lowest BCUT2D eigenvalue weighted by Gasteiger charge is -2.28. The molecule has 0 N–H and O–H groups in total. The van der Waals surface area contributed by atoms with Gasteiger partial charge in [-0.1, -0.05) is 98.0 Å². The molecule has 0 aliphatic carbocycles. The number of benzene rings is 7. The van der Waals surface area contributed by atoms with E-state index in [9.17, 15) is 0 Å². The Labute approximate surface area is 271 Å². The largest absolute Gasteiger partial charge is 0.456 e. The van der Waals surface area contributed by atoms with Crippen molar-refractivity contribution in [2.24, 2.45) is 0 Å². The molecule has 0 saturated carbocycles. The number of nitrogens with zero attached hydrogens (tertiary/aromatic N) is 1. The molecule has 46 heavy (non-hydrogen) atoms. The van der Waals surface area contributed by atoms with Crippen molar-refractivity contribution in [1.29, 1.82) is 0 Å². The Morgan fingerprint density at radius 3 is 2.17 bits per heavy atom. The van der Waals surface area contributed by atoms with Crippen molar-refractivity contribution < 1.29 is 4.42 Å². The Kier molecular flexibility index (Phi) is 5.35. The van der Waals surface area contributed by atoms with Gasteiger partial charge in [-0.05, 0) is 86.9 Å². The minimum absolute atomic E-state index is 0.954. The van der Waals surface area contributed by atoms with E-state index in [-0.39, 0.29) is 0 Å². The maximum atomic E-state index is 6.33. The second-order valence-electron chi connectivity index (χ2n) is 12.9. The van der Waals surface area contributed by atoms with Crippen LogP contribution in [0.4, 0.5) is 17.1 Å². The van der Waals surface area contributed by atoms with Crippen molar-refractivity contribution in [2.45, 2.75) is 13.1 Å². The maximum Gasteiger partial charge on any atom is 0.136 e. The molecule has 2 aromatic heterocycles. The van der Waals surface area contributed by atoms with E-state index in [0.717, 1.165) is 22.5 Å². The van der Waals surface area contributed by atoms with Crippen LogP contribution >= 0.6 is 11.3 Å². The standard InChI is InChI=1S/C42H29NOSSi/c1-46(2)38-23-22-36-40(33-13-6-8-14-35(33)44-36)41(38)34-21-18-29(25-39(34)46)43(27-10-4-3-5-11-27)28-17-20-30-26(24-28)16-19-32-31-12-7-9-15-37(31)45-42(30)32/h3-25H,1-2H3. The Balaban J connectivity index is 1.17. The molecular formula is C42H29NOSSi. The molecule has 0 amide bonds. The molecule has 4 heteroatoms. The third-order valence-electron chi connectivity index (χ3n) is 10.0. The minimum atomic E-state index is -2.00. The van der Waals surface area contributed by atoms with E-state index in [0.29, 0.717) is 0 Å².